The Morgan fingerprint density at radius 3 is 2.39 bits per heavy atom. The number of anilines is 1. The van der Waals surface area contributed by atoms with E-state index in [9.17, 15) is 14.0 Å². The van der Waals surface area contributed by atoms with Crippen LogP contribution in [0.25, 0.3) is 0 Å². The molecule has 2 saturated heterocycles. The molecule has 6 heteroatoms. The molecule has 2 aliphatic rings. The summed E-state index contributed by atoms with van der Waals surface area (Å²) >= 11 is 0. The highest BCUT2D eigenvalue weighted by atomic mass is 19.1. The Balaban J connectivity index is 1.61. The minimum atomic E-state index is -0.349. The molecule has 0 spiro atoms. The molecule has 1 aromatic carbocycles. The Morgan fingerprint density at radius 2 is 1.78 bits per heavy atom. The molecule has 0 unspecified atom stereocenters. The third-order valence-corrected chi connectivity index (χ3v) is 4.48. The first-order valence-electron chi connectivity index (χ1n) is 7.80. The average Bonchev–Trinajstić information content (AvgIpc) is 2.84. The molecule has 2 fully saturated rings. The van der Waals surface area contributed by atoms with E-state index in [0.717, 1.165) is 18.8 Å². The number of carbonyl (C=O) groups excluding carboxylic acids is 2. The summed E-state index contributed by atoms with van der Waals surface area (Å²) < 4.78 is 13.0. The van der Waals surface area contributed by atoms with Crippen molar-refractivity contribution in [2.45, 2.75) is 12.5 Å². The molecule has 0 aliphatic carbocycles. The number of imide groups is 1. The maximum atomic E-state index is 13.0. The van der Waals surface area contributed by atoms with Gasteiger partial charge in [-0.15, -0.1) is 6.58 Å². The summed E-state index contributed by atoms with van der Waals surface area (Å²) in [6.45, 7) is 6.80. The van der Waals surface area contributed by atoms with Gasteiger partial charge in [0.05, 0.1) is 12.5 Å². The number of carbonyl (C=O) groups is 2. The monoisotopic (exact) mass is 317 g/mol. The summed E-state index contributed by atoms with van der Waals surface area (Å²) in [6, 6.07) is 6.09. The molecule has 3 rings (SSSR count). The number of likely N-dealkylation sites (tertiary alicyclic amines) is 1. The van der Waals surface area contributed by atoms with Crippen LogP contribution < -0.4 is 4.90 Å². The number of nitrogens with zero attached hydrogens (tertiary/aromatic N) is 3. The second-order valence-corrected chi connectivity index (χ2v) is 5.85. The Labute approximate surface area is 135 Å². The number of amides is 2. The van der Waals surface area contributed by atoms with E-state index >= 15 is 0 Å². The lowest BCUT2D eigenvalue weighted by molar-refractivity contribution is -0.139. The molecular formula is C17H20FN3O2. The zero-order valence-corrected chi connectivity index (χ0v) is 12.9. The largest absolute Gasteiger partial charge is 0.369 e. The van der Waals surface area contributed by atoms with Gasteiger partial charge < -0.3 is 4.90 Å². The Bertz CT molecular complexity index is 609. The van der Waals surface area contributed by atoms with E-state index in [1.54, 1.807) is 18.2 Å². The van der Waals surface area contributed by atoms with Gasteiger partial charge in [0.25, 0.3) is 0 Å². The number of rotatable bonds is 4. The van der Waals surface area contributed by atoms with E-state index in [2.05, 4.69) is 16.4 Å². The number of hydrogen-bond acceptors (Lipinski definition) is 4. The summed E-state index contributed by atoms with van der Waals surface area (Å²) in [5.74, 6) is -0.490. The van der Waals surface area contributed by atoms with Crippen LogP contribution in [0.1, 0.15) is 6.42 Å². The summed E-state index contributed by atoms with van der Waals surface area (Å²) in [6.07, 6.45) is 1.83. The van der Waals surface area contributed by atoms with Crippen LogP contribution in [0, 0.1) is 5.82 Å². The molecule has 1 atom stereocenters. The van der Waals surface area contributed by atoms with Crippen LogP contribution in [-0.2, 0) is 9.59 Å². The topological polar surface area (TPSA) is 43.9 Å². The molecule has 2 amide bonds. The van der Waals surface area contributed by atoms with Crippen LogP contribution in [0.5, 0.6) is 0 Å². The molecule has 0 radical (unpaired) electrons. The fraction of sp³-hybridized carbons (Fsp3) is 0.412. The van der Waals surface area contributed by atoms with E-state index < -0.39 is 0 Å². The second-order valence-electron chi connectivity index (χ2n) is 5.85. The first-order valence-corrected chi connectivity index (χ1v) is 7.80. The zero-order chi connectivity index (χ0) is 16.4. The highest BCUT2D eigenvalue weighted by molar-refractivity contribution is 6.05. The SMILES string of the molecule is C=CCN1C(=O)C[C@@H](N2CCN(c3ccc(F)cc3)CC2)C1=O. The van der Waals surface area contributed by atoms with Gasteiger partial charge in [0.15, 0.2) is 0 Å². The highest BCUT2D eigenvalue weighted by Gasteiger charge is 2.41. The molecule has 0 saturated carbocycles. The molecule has 2 aliphatic heterocycles. The van der Waals surface area contributed by atoms with Gasteiger partial charge in [0.1, 0.15) is 5.82 Å². The lowest BCUT2D eigenvalue weighted by Gasteiger charge is -2.38. The van der Waals surface area contributed by atoms with E-state index in [0.29, 0.717) is 13.1 Å². The van der Waals surface area contributed by atoms with Crippen LogP contribution in [-0.4, -0.2) is 60.4 Å². The molecule has 0 N–H and O–H groups in total. The van der Waals surface area contributed by atoms with Crippen molar-refractivity contribution in [2.75, 3.05) is 37.6 Å². The molecular weight excluding hydrogens is 297 g/mol. The van der Waals surface area contributed by atoms with E-state index in [4.69, 9.17) is 0 Å². The van der Waals surface area contributed by atoms with E-state index in [1.807, 2.05) is 0 Å². The van der Waals surface area contributed by atoms with Crippen molar-refractivity contribution < 1.29 is 14.0 Å². The summed E-state index contributed by atoms with van der Waals surface area (Å²) in [5, 5.41) is 0. The number of benzene rings is 1. The first kappa shape index (κ1) is 15.7. The van der Waals surface area contributed by atoms with Crippen molar-refractivity contribution in [3.05, 3.63) is 42.7 Å². The maximum Gasteiger partial charge on any atom is 0.247 e. The van der Waals surface area contributed by atoms with Crippen molar-refractivity contribution >= 4 is 17.5 Å². The van der Waals surface area contributed by atoms with Gasteiger partial charge in [-0.2, -0.15) is 0 Å². The zero-order valence-electron chi connectivity index (χ0n) is 12.9. The second kappa shape index (κ2) is 6.50. The molecule has 1 aromatic rings. The third kappa shape index (κ3) is 3.12. The predicted octanol–water partition coefficient (Wildman–Crippen LogP) is 1.26. The molecule has 2 heterocycles. The first-order chi connectivity index (χ1) is 11.1. The molecule has 0 aromatic heterocycles. The lowest BCUT2D eigenvalue weighted by Crippen LogP contribution is -2.52. The van der Waals surface area contributed by atoms with Crippen LogP contribution in [0.4, 0.5) is 10.1 Å². The third-order valence-electron chi connectivity index (χ3n) is 4.48. The van der Waals surface area contributed by atoms with Gasteiger partial charge in [-0.25, -0.2) is 4.39 Å². The van der Waals surface area contributed by atoms with Gasteiger partial charge in [-0.05, 0) is 24.3 Å². The molecule has 0 bridgehead atoms. The van der Waals surface area contributed by atoms with Crippen LogP contribution in [0.3, 0.4) is 0 Å². The lowest BCUT2D eigenvalue weighted by atomic mass is 10.1. The summed E-state index contributed by atoms with van der Waals surface area (Å²) in [7, 11) is 0. The molecule has 23 heavy (non-hydrogen) atoms. The maximum absolute atomic E-state index is 13.0. The standard InChI is InChI=1S/C17H20FN3O2/c1-2-7-21-16(22)12-15(17(21)23)20-10-8-19(9-11-20)14-5-3-13(18)4-6-14/h2-6,15H,1,7-12H2/t15-/m1/s1. The van der Waals surface area contributed by atoms with Gasteiger partial charge >= 0.3 is 0 Å². The Kier molecular flexibility index (Phi) is 4.43. The van der Waals surface area contributed by atoms with Gasteiger partial charge in [-0.1, -0.05) is 6.08 Å². The van der Waals surface area contributed by atoms with Gasteiger partial charge in [0.2, 0.25) is 11.8 Å². The fourth-order valence-corrected chi connectivity index (χ4v) is 3.22. The minimum Gasteiger partial charge on any atom is -0.369 e. The van der Waals surface area contributed by atoms with E-state index in [1.165, 1.54) is 17.0 Å². The van der Waals surface area contributed by atoms with Crippen molar-refractivity contribution in [1.29, 1.82) is 0 Å². The summed E-state index contributed by atoms with van der Waals surface area (Å²) in [5.41, 5.74) is 0.980. The van der Waals surface area contributed by atoms with Crippen LogP contribution >= 0.6 is 0 Å². The Hall–Kier alpha value is -2.21. The minimum absolute atomic E-state index is 0.120. The number of piperazine rings is 1. The van der Waals surface area contributed by atoms with Crippen LogP contribution in [0.2, 0.25) is 0 Å². The average molecular weight is 317 g/mol. The van der Waals surface area contributed by atoms with E-state index in [-0.39, 0.29) is 36.6 Å². The Morgan fingerprint density at radius 1 is 1.13 bits per heavy atom. The molecule has 122 valence electrons. The number of hydrogen-bond donors (Lipinski definition) is 0. The normalized spacial score (nSPS) is 22.7. The predicted molar refractivity (Wildman–Crippen MR) is 85.5 cm³/mol. The number of halogens is 1. The van der Waals surface area contributed by atoms with Gasteiger partial charge in [0, 0.05) is 38.4 Å². The van der Waals surface area contributed by atoms with Crippen molar-refractivity contribution in [3.8, 4) is 0 Å². The smallest absolute Gasteiger partial charge is 0.247 e. The highest BCUT2D eigenvalue weighted by Crippen LogP contribution is 2.22. The quantitative estimate of drug-likeness (QED) is 0.619. The van der Waals surface area contributed by atoms with Crippen molar-refractivity contribution in [3.63, 3.8) is 0 Å². The van der Waals surface area contributed by atoms with Crippen LogP contribution in [0.15, 0.2) is 36.9 Å². The summed E-state index contributed by atoms with van der Waals surface area (Å²) in [4.78, 5) is 29.8. The van der Waals surface area contributed by atoms with Crippen molar-refractivity contribution in [1.82, 2.24) is 9.80 Å². The van der Waals surface area contributed by atoms with Crippen molar-refractivity contribution in [2.24, 2.45) is 0 Å². The van der Waals surface area contributed by atoms with Gasteiger partial charge in [-0.3, -0.25) is 19.4 Å². The molecule has 5 nitrogen and oxygen atoms in total. The fourth-order valence-electron chi connectivity index (χ4n) is 3.22.